The SMILES string of the molecule is C=CCOC12Oc3ccc(O)cc3C3C(CCCCO)C(CCCCO)C=C(C(=NOC)CC1N(Cc1ccc4c(c1)OCO4)C(=O)C=Cc1ccc([N+](=O)[O-])cc1)C32. The van der Waals surface area contributed by atoms with Gasteiger partial charge in [0, 0.05) is 55.9 Å². The molecule has 14 nitrogen and oxygen atoms in total. The summed E-state index contributed by atoms with van der Waals surface area (Å²) in [5.41, 5.74) is 3.59. The van der Waals surface area contributed by atoms with Crippen molar-refractivity contribution in [1.29, 1.82) is 0 Å². The fourth-order valence-corrected chi connectivity index (χ4v) is 9.32. The van der Waals surface area contributed by atoms with Crippen LogP contribution in [0.5, 0.6) is 23.0 Å². The van der Waals surface area contributed by atoms with Crippen molar-refractivity contribution in [3.63, 3.8) is 0 Å². The number of allylic oxidation sites excluding steroid dienone is 1. The number of phenols is 1. The predicted octanol–water partition coefficient (Wildman–Crippen LogP) is 7.03. The maximum Gasteiger partial charge on any atom is 0.269 e. The standard InChI is InChI=1S/C45H51N3O11/c1-3-22-58-45-41(47(27-30-12-17-39-40(23-30)57-28-56-39)42(52)19-13-29-10-14-32(15-11-29)48(53)54)26-37(46-55-2)35-24-31(8-4-6-20-49)34(9-5-7-21-50)43(44(35)45)36-25-33(51)16-18-38(36)59-45/h3,10-19,23-25,31,34,41,43-44,49-51H,1,4-9,20-22,26-28H2,2H3. The third-order valence-electron chi connectivity index (χ3n) is 11.8. The number of ether oxygens (including phenoxy) is 4. The van der Waals surface area contributed by atoms with Gasteiger partial charge in [0.15, 0.2) is 11.5 Å². The molecule has 14 heteroatoms. The molecule has 6 atom stereocenters. The fourth-order valence-electron chi connectivity index (χ4n) is 9.32. The Hall–Kier alpha value is -5.70. The zero-order valence-corrected chi connectivity index (χ0v) is 33.1. The number of nitro benzene ring substituents is 1. The summed E-state index contributed by atoms with van der Waals surface area (Å²) in [6.45, 7) is 4.37. The minimum atomic E-state index is -1.51. The third kappa shape index (κ3) is 8.56. The highest BCUT2D eigenvalue weighted by molar-refractivity contribution is 6.03. The van der Waals surface area contributed by atoms with Gasteiger partial charge < -0.3 is 44.0 Å². The molecule has 312 valence electrons. The molecular formula is C45H51N3O11. The van der Waals surface area contributed by atoms with E-state index in [2.05, 4.69) is 17.8 Å². The summed E-state index contributed by atoms with van der Waals surface area (Å²) in [6, 6.07) is 15.7. The molecule has 7 rings (SSSR count). The molecule has 2 aliphatic carbocycles. The number of aromatic hydroxyl groups is 1. The molecule has 1 amide bonds. The van der Waals surface area contributed by atoms with Crippen LogP contribution in [0.25, 0.3) is 6.08 Å². The summed E-state index contributed by atoms with van der Waals surface area (Å²) in [7, 11) is 1.49. The number of non-ortho nitro benzene ring substituents is 1. The van der Waals surface area contributed by atoms with E-state index in [0.29, 0.717) is 41.4 Å². The summed E-state index contributed by atoms with van der Waals surface area (Å²) >= 11 is 0. The van der Waals surface area contributed by atoms with Crippen LogP contribution in [0.3, 0.4) is 0 Å². The molecule has 6 unspecified atom stereocenters. The summed E-state index contributed by atoms with van der Waals surface area (Å²) in [5, 5.41) is 46.5. The molecule has 2 aliphatic heterocycles. The Morgan fingerprint density at radius 1 is 1.02 bits per heavy atom. The molecule has 1 saturated carbocycles. The van der Waals surface area contributed by atoms with Gasteiger partial charge in [-0.25, -0.2) is 0 Å². The van der Waals surface area contributed by atoms with Crippen LogP contribution in [0.15, 0.2) is 96.2 Å². The van der Waals surface area contributed by atoms with E-state index < -0.39 is 22.7 Å². The Balaban J connectivity index is 1.41. The first-order valence-electron chi connectivity index (χ1n) is 20.1. The average Bonchev–Trinajstić information content (AvgIpc) is 3.71. The van der Waals surface area contributed by atoms with Crippen molar-refractivity contribution < 1.29 is 48.8 Å². The highest BCUT2D eigenvalue weighted by Crippen LogP contribution is 2.62. The average molecular weight is 810 g/mol. The molecule has 0 radical (unpaired) electrons. The van der Waals surface area contributed by atoms with E-state index >= 15 is 0 Å². The van der Waals surface area contributed by atoms with E-state index in [1.54, 1.807) is 53.5 Å². The topological polar surface area (TPSA) is 183 Å². The molecule has 0 saturated heterocycles. The number of phenolic OH excluding ortho intramolecular Hbond substituents is 1. The largest absolute Gasteiger partial charge is 0.508 e. The summed E-state index contributed by atoms with van der Waals surface area (Å²) in [5.74, 6) is -0.960. The lowest BCUT2D eigenvalue weighted by atomic mass is 9.55. The van der Waals surface area contributed by atoms with Crippen LogP contribution in [0.2, 0.25) is 0 Å². The maximum atomic E-state index is 14.9. The number of hydrogen-bond donors (Lipinski definition) is 3. The molecule has 0 aromatic heterocycles. The van der Waals surface area contributed by atoms with Gasteiger partial charge in [0.05, 0.1) is 23.2 Å². The summed E-state index contributed by atoms with van der Waals surface area (Å²) < 4.78 is 25.5. The fraction of sp³-hybridized carbons (Fsp3) is 0.422. The number of carbonyl (C=O) groups is 1. The first-order valence-corrected chi connectivity index (χ1v) is 20.1. The number of nitrogens with zero attached hydrogens (tertiary/aromatic N) is 3. The second kappa shape index (κ2) is 18.5. The number of aliphatic hydroxyl groups is 2. The number of amides is 1. The van der Waals surface area contributed by atoms with E-state index in [1.807, 2.05) is 12.1 Å². The van der Waals surface area contributed by atoms with E-state index in [-0.39, 0.29) is 74.7 Å². The number of oxime groups is 1. The van der Waals surface area contributed by atoms with Crippen molar-refractivity contribution in [2.75, 3.05) is 33.7 Å². The van der Waals surface area contributed by atoms with Crippen LogP contribution in [0, 0.1) is 27.9 Å². The molecule has 3 aromatic carbocycles. The van der Waals surface area contributed by atoms with Gasteiger partial charge >= 0.3 is 0 Å². The van der Waals surface area contributed by atoms with Crippen LogP contribution in [-0.2, 0) is 20.9 Å². The number of hydrogen-bond acceptors (Lipinski definition) is 12. The minimum absolute atomic E-state index is 0.00672. The second-order valence-electron chi connectivity index (χ2n) is 15.3. The van der Waals surface area contributed by atoms with Crippen molar-refractivity contribution in [3.8, 4) is 23.0 Å². The first-order chi connectivity index (χ1) is 28.7. The monoisotopic (exact) mass is 809 g/mol. The Morgan fingerprint density at radius 3 is 2.49 bits per heavy atom. The quantitative estimate of drug-likeness (QED) is 0.0394. The molecule has 2 heterocycles. The normalized spacial score (nSPS) is 24.5. The van der Waals surface area contributed by atoms with Crippen molar-refractivity contribution >= 4 is 23.4 Å². The molecule has 1 fully saturated rings. The van der Waals surface area contributed by atoms with Crippen LogP contribution < -0.4 is 14.2 Å². The minimum Gasteiger partial charge on any atom is -0.508 e. The number of benzene rings is 3. The van der Waals surface area contributed by atoms with E-state index in [4.69, 9.17) is 23.8 Å². The van der Waals surface area contributed by atoms with E-state index in [1.165, 1.54) is 25.3 Å². The van der Waals surface area contributed by atoms with Gasteiger partial charge in [-0.1, -0.05) is 36.2 Å². The van der Waals surface area contributed by atoms with Crippen molar-refractivity contribution in [3.05, 3.63) is 118 Å². The third-order valence-corrected chi connectivity index (χ3v) is 11.8. The number of carbonyl (C=O) groups excluding carboxylic acids is 1. The Morgan fingerprint density at radius 2 is 1.76 bits per heavy atom. The van der Waals surface area contributed by atoms with Gasteiger partial charge in [-0.2, -0.15) is 0 Å². The molecule has 0 spiro atoms. The number of rotatable bonds is 18. The zero-order chi connectivity index (χ0) is 41.5. The highest BCUT2D eigenvalue weighted by atomic mass is 16.7. The smallest absolute Gasteiger partial charge is 0.269 e. The lowest BCUT2D eigenvalue weighted by Gasteiger charge is -2.60. The molecular weight excluding hydrogens is 759 g/mol. The number of aliphatic hydroxyl groups excluding tert-OH is 2. The predicted molar refractivity (Wildman–Crippen MR) is 219 cm³/mol. The van der Waals surface area contributed by atoms with Gasteiger partial charge in [0.25, 0.3) is 5.69 Å². The zero-order valence-electron chi connectivity index (χ0n) is 33.1. The molecule has 3 N–H and O–H groups in total. The summed E-state index contributed by atoms with van der Waals surface area (Å²) in [6.07, 6.45) is 11.5. The lowest BCUT2D eigenvalue weighted by molar-refractivity contribution is -0.384. The van der Waals surface area contributed by atoms with Gasteiger partial charge in [-0.05, 0) is 103 Å². The van der Waals surface area contributed by atoms with E-state index in [0.717, 1.165) is 42.4 Å². The number of unbranched alkanes of at least 4 members (excludes halogenated alkanes) is 2. The second-order valence-corrected chi connectivity index (χ2v) is 15.3. The van der Waals surface area contributed by atoms with Crippen LogP contribution in [0.1, 0.15) is 67.6 Å². The Labute approximate surface area is 343 Å². The van der Waals surface area contributed by atoms with Crippen LogP contribution in [0.4, 0.5) is 5.69 Å². The Kier molecular flexibility index (Phi) is 13.0. The molecule has 3 aromatic rings. The molecule has 59 heavy (non-hydrogen) atoms. The van der Waals surface area contributed by atoms with Crippen molar-refractivity contribution in [2.45, 2.75) is 69.2 Å². The van der Waals surface area contributed by atoms with Gasteiger partial charge in [0.2, 0.25) is 18.5 Å². The summed E-state index contributed by atoms with van der Waals surface area (Å²) in [4.78, 5) is 33.0. The van der Waals surface area contributed by atoms with Gasteiger partial charge in [0.1, 0.15) is 24.7 Å². The van der Waals surface area contributed by atoms with Crippen LogP contribution in [-0.4, -0.2) is 82.3 Å². The number of fused-ring (bicyclic) bond motifs is 3. The van der Waals surface area contributed by atoms with Crippen LogP contribution >= 0.6 is 0 Å². The molecule has 4 aliphatic rings. The van der Waals surface area contributed by atoms with E-state index in [9.17, 15) is 30.2 Å². The Bertz CT molecular complexity index is 2100. The first kappa shape index (κ1) is 41.5. The number of nitro groups is 1. The maximum absolute atomic E-state index is 14.9. The van der Waals surface area contributed by atoms with Crippen molar-refractivity contribution in [1.82, 2.24) is 4.90 Å². The van der Waals surface area contributed by atoms with Gasteiger partial charge in [-0.3, -0.25) is 14.9 Å². The highest BCUT2D eigenvalue weighted by Gasteiger charge is 2.65. The van der Waals surface area contributed by atoms with Gasteiger partial charge in [-0.15, -0.1) is 6.58 Å². The van der Waals surface area contributed by atoms with Crippen molar-refractivity contribution in [2.24, 2.45) is 22.9 Å². The lowest BCUT2D eigenvalue weighted by Crippen LogP contribution is -2.70. The molecule has 0 bridgehead atoms.